The number of nitro benzene ring substituents is 1. The Morgan fingerprint density at radius 3 is 2.32 bits per heavy atom. The molecule has 0 saturated heterocycles. The maximum atomic E-state index is 12.3. The molecule has 0 saturated carbocycles. The van der Waals surface area contributed by atoms with E-state index >= 15 is 0 Å². The van der Waals surface area contributed by atoms with Crippen LogP contribution in [-0.4, -0.2) is 35.0 Å². The van der Waals surface area contributed by atoms with Crippen LogP contribution in [0, 0.1) is 10.1 Å². The van der Waals surface area contributed by atoms with Crippen LogP contribution in [0.1, 0.15) is 24.5 Å². The molecule has 0 bridgehead atoms. The first-order valence-electron chi connectivity index (χ1n) is 8.64. The third kappa shape index (κ3) is 5.45. The smallest absolute Gasteiger partial charge is 0.343 e. The number of non-ortho nitro benzene ring substituents is 1. The van der Waals surface area contributed by atoms with Crippen molar-refractivity contribution in [2.75, 3.05) is 13.2 Å². The Morgan fingerprint density at radius 2 is 1.75 bits per heavy atom. The molecule has 2 aromatic carbocycles. The van der Waals surface area contributed by atoms with E-state index in [2.05, 4.69) is 0 Å². The minimum absolute atomic E-state index is 0.00677. The first-order chi connectivity index (χ1) is 13.4. The van der Waals surface area contributed by atoms with Gasteiger partial charge in [0.05, 0.1) is 24.6 Å². The van der Waals surface area contributed by atoms with Gasteiger partial charge in [0, 0.05) is 12.1 Å². The normalized spacial score (nSPS) is 12.8. The third-order valence-electron chi connectivity index (χ3n) is 4.00. The monoisotopic (exact) mass is 387 g/mol. The van der Waals surface area contributed by atoms with E-state index in [9.17, 15) is 24.8 Å². The van der Waals surface area contributed by atoms with Crippen LogP contribution in [0.2, 0.25) is 0 Å². The molecule has 0 radical (unpaired) electrons. The van der Waals surface area contributed by atoms with Gasteiger partial charge in [0.25, 0.3) is 5.69 Å². The van der Waals surface area contributed by atoms with Crippen molar-refractivity contribution in [3.05, 3.63) is 75.8 Å². The number of benzene rings is 2. The summed E-state index contributed by atoms with van der Waals surface area (Å²) in [5.41, 5.74) is -1.54. The lowest BCUT2D eigenvalue weighted by atomic mass is 9.88. The number of ketones is 1. The summed E-state index contributed by atoms with van der Waals surface area (Å²) < 4.78 is 10.2. The number of nitrogens with zero attached hydrogens (tertiary/aromatic N) is 1. The van der Waals surface area contributed by atoms with Gasteiger partial charge in [-0.15, -0.1) is 0 Å². The molecule has 8 nitrogen and oxygen atoms in total. The zero-order valence-electron chi connectivity index (χ0n) is 15.4. The van der Waals surface area contributed by atoms with Crippen molar-refractivity contribution in [3.63, 3.8) is 0 Å². The highest BCUT2D eigenvalue weighted by molar-refractivity contribution is 5.90. The van der Waals surface area contributed by atoms with Gasteiger partial charge in [0.2, 0.25) is 0 Å². The van der Waals surface area contributed by atoms with Crippen molar-refractivity contribution in [2.24, 2.45) is 0 Å². The number of hydrogen-bond acceptors (Lipinski definition) is 7. The van der Waals surface area contributed by atoms with Crippen molar-refractivity contribution >= 4 is 17.4 Å². The van der Waals surface area contributed by atoms with Crippen molar-refractivity contribution in [2.45, 2.75) is 25.6 Å². The number of Topliss-reactive ketones (excluding diaryl/α,β-unsaturated/α-hetero) is 1. The molecule has 1 N–H and O–H groups in total. The van der Waals surface area contributed by atoms with Crippen LogP contribution in [0.5, 0.6) is 0 Å². The van der Waals surface area contributed by atoms with E-state index in [1.54, 1.807) is 6.92 Å². The summed E-state index contributed by atoms with van der Waals surface area (Å²) in [7, 11) is 0. The Hall–Kier alpha value is -3.10. The topological polar surface area (TPSA) is 116 Å². The van der Waals surface area contributed by atoms with E-state index in [1.165, 1.54) is 12.1 Å². The van der Waals surface area contributed by atoms with Crippen LogP contribution >= 0.6 is 0 Å². The zero-order valence-corrected chi connectivity index (χ0v) is 15.4. The van der Waals surface area contributed by atoms with Gasteiger partial charge in [-0.3, -0.25) is 14.9 Å². The van der Waals surface area contributed by atoms with Crippen LogP contribution in [0.3, 0.4) is 0 Å². The second-order valence-corrected chi connectivity index (χ2v) is 6.08. The molecular formula is C20H21NO7. The molecule has 0 heterocycles. The largest absolute Gasteiger partial charge is 0.464 e. The molecule has 0 unspecified atom stereocenters. The van der Waals surface area contributed by atoms with Crippen molar-refractivity contribution in [3.8, 4) is 0 Å². The van der Waals surface area contributed by atoms with Crippen LogP contribution in [0.25, 0.3) is 0 Å². The number of nitro groups is 1. The van der Waals surface area contributed by atoms with Crippen LogP contribution in [0.15, 0.2) is 54.6 Å². The van der Waals surface area contributed by atoms with Gasteiger partial charge in [-0.25, -0.2) is 4.79 Å². The fourth-order valence-electron chi connectivity index (χ4n) is 2.59. The highest BCUT2D eigenvalue weighted by Gasteiger charge is 2.41. The summed E-state index contributed by atoms with van der Waals surface area (Å²) in [6, 6.07) is 14.0. The van der Waals surface area contributed by atoms with Crippen LogP contribution < -0.4 is 0 Å². The fraction of sp³-hybridized carbons (Fsp3) is 0.300. The maximum Gasteiger partial charge on any atom is 0.343 e. The number of rotatable bonds is 10. The molecule has 0 aliphatic carbocycles. The Balaban J connectivity index is 2.10. The summed E-state index contributed by atoms with van der Waals surface area (Å²) in [6.45, 7) is 1.48. The number of ether oxygens (including phenoxy) is 2. The predicted octanol–water partition coefficient (Wildman–Crippen LogP) is 2.52. The molecule has 1 atom stereocenters. The molecule has 28 heavy (non-hydrogen) atoms. The number of esters is 1. The molecule has 0 aromatic heterocycles. The average Bonchev–Trinajstić information content (AvgIpc) is 2.69. The van der Waals surface area contributed by atoms with E-state index in [0.717, 1.165) is 17.7 Å². The minimum atomic E-state index is -2.25. The van der Waals surface area contributed by atoms with Crippen molar-refractivity contribution < 1.29 is 29.1 Å². The molecular weight excluding hydrogens is 366 g/mol. The molecule has 148 valence electrons. The maximum absolute atomic E-state index is 12.3. The van der Waals surface area contributed by atoms with Crippen LogP contribution in [-0.2, 0) is 31.3 Å². The Bertz CT molecular complexity index is 820. The van der Waals surface area contributed by atoms with Gasteiger partial charge < -0.3 is 14.6 Å². The Morgan fingerprint density at radius 1 is 1.11 bits per heavy atom. The Kier molecular flexibility index (Phi) is 7.36. The highest BCUT2D eigenvalue weighted by atomic mass is 16.6. The summed E-state index contributed by atoms with van der Waals surface area (Å²) in [6.07, 6.45) is -0.571. The molecule has 0 aliphatic heterocycles. The molecule has 0 aliphatic rings. The van der Waals surface area contributed by atoms with Crippen molar-refractivity contribution in [1.82, 2.24) is 0 Å². The lowest BCUT2D eigenvalue weighted by Crippen LogP contribution is -2.40. The quantitative estimate of drug-likeness (QED) is 0.378. The van der Waals surface area contributed by atoms with E-state index in [1.807, 2.05) is 30.3 Å². The summed E-state index contributed by atoms with van der Waals surface area (Å²) in [5.74, 6) is -1.51. The standard InChI is InChI=1S/C20H21NO7/c1-2-28-19(23)20(24,16-8-10-17(11-9-16)21(25)26)12-18(22)14-27-13-15-6-4-3-5-7-15/h3-11,24H,2,12-14H2,1H3/t20-/m0/s1. The molecule has 2 rings (SSSR count). The predicted molar refractivity (Wildman–Crippen MR) is 99.3 cm³/mol. The summed E-state index contributed by atoms with van der Waals surface area (Å²) in [5, 5.41) is 21.7. The van der Waals surface area contributed by atoms with Gasteiger partial charge >= 0.3 is 5.97 Å². The van der Waals surface area contributed by atoms with E-state index in [0.29, 0.717) is 0 Å². The SMILES string of the molecule is CCOC(=O)[C@](O)(CC(=O)COCc1ccccc1)c1ccc([N+](=O)[O-])cc1. The summed E-state index contributed by atoms with van der Waals surface area (Å²) >= 11 is 0. The van der Waals surface area contributed by atoms with E-state index < -0.39 is 28.7 Å². The first-order valence-corrected chi connectivity index (χ1v) is 8.64. The second kappa shape index (κ2) is 9.72. The van der Waals surface area contributed by atoms with Gasteiger partial charge in [0.15, 0.2) is 11.4 Å². The van der Waals surface area contributed by atoms with Gasteiger partial charge in [0.1, 0.15) is 6.61 Å². The Labute approximate surface area is 161 Å². The van der Waals surface area contributed by atoms with Gasteiger partial charge in [-0.1, -0.05) is 30.3 Å². The molecule has 0 amide bonds. The highest BCUT2D eigenvalue weighted by Crippen LogP contribution is 2.29. The van der Waals surface area contributed by atoms with E-state index in [-0.39, 0.29) is 31.1 Å². The lowest BCUT2D eigenvalue weighted by molar-refractivity contribution is -0.384. The number of hydrogen-bond donors (Lipinski definition) is 1. The van der Waals surface area contributed by atoms with E-state index in [4.69, 9.17) is 9.47 Å². The molecule has 8 heteroatoms. The second-order valence-electron chi connectivity index (χ2n) is 6.08. The summed E-state index contributed by atoms with van der Waals surface area (Å²) in [4.78, 5) is 34.8. The number of aliphatic hydroxyl groups is 1. The minimum Gasteiger partial charge on any atom is -0.464 e. The number of carbonyl (C=O) groups is 2. The molecule has 2 aromatic rings. The lowest BCUT2D eigenvalue weighted by Gasteiger charge is -2.25. The zero-order chi connectivity index (χ0) is 20.6. The molecule has 0 spiro atoms. The average molecular weight is 387 g/mol. The van der Waals surface area contributed by atoms with Gasteiger partial charge in [-0.2, -0.15) is 0 Å². The third-order valence-corrected chi connectivity index (χ3v) is 4.00. The van der Waals surface area contributed by atoms with Crippen LogP contribution in [0.4, 0.5) is 5.69 Å². The van der Waals surface area contributed by atoms with Gasteiger partial charge in [-0.05, 0) is 30.2 Å². The first kappa shape index (κ1) is 21.2. The fourth-order valence-corrected chi connectivity index (χ4v) is 2.59. The molecule has 0 fully saturated rings. The number of carbonyl (C=O) groups excluding carboxylic acids is 2. The van der Waals surface area contributed by atoms with Crippen molar-refractivity contribution in [1.29, 1.82) is 0 Å².